The number of nitriles is 1. The zero-order chi connectivity index (χ0) is 12.3. The number of ether oxygens (including phenoxy) is 1. The fraction of sp³-hybridized carbons (Fsp3) is 0. The predicted octanol–water partition coefficient (Wildman–Crippen LogP) is 2.49. The maximum Gasteiger partial charge on any atom is 0.325 e. The number of nitrogen functional groups attached to an aromatic ring is 1. The molecular formula is C11H7BrN4O. The third-order valence-corrected chi connectivity index (χ3v) is 2.27. The first kappa shape index (κ1) is 11.4. The molecule has 5 nitrogen and oxygen atoms in total. The SMILES string of the molecule is N#Cc1cccc(Oc2nc(N)cc(Br)n2)c1. The van der Waals surface area contributed by atoms with E-state index < -0.39 is 0 Å². The van der Waals surface area contributed by atoms with Crippen LogP contribution < -0.4 is 10.5 Å². The Labute approximate surface area is 106 Å². The molecule has 0 bridgehead atoms. The lowest BCUT2D eigenvalue weighted by molar-refractivity contribution is 0.441. The van der Waals surface area contributed by atoms with Crippen molar-refractivity contribution in [2.24, 2.45) is 0 Å². The van der Waals surface area contributed by atoms with Crippen molar-refractivity contribution in [1.82, 2.24) is 9.97 Å². The van der Waals surface area contributed by atoms with Gasteiger partial charge in [0, 0.05) is 6.07 Å². The van der Waals surface area contributed by atoms with Crippen molar-refractivity contribution in [3.63, 3.8) is 0 Å². The number of hydrogen-bond acceptors (Lipinski definition) is 5. The van der Waals surface area contributed by atoms with Gasteiger partial charge in [-0.3, -0.25) is 0 Å². The summed E-state index contributed by atoms with van der Waals surface area (Å²) in [5.74, 6) is 0.792. The summed E-state index contributed by atoms with van der Waals surface area (Å²) in [6.45, 7) is 0. The van der Waals surface area contributed by atoms with Crippen molar-refractivity contribution < 1.29 is 4.74 Å². The number of aromatic nitrogens is 2. The zero-order valence-electron chi connectivity index (χ0n) is 8.59. The van der Waals surface area contributed by atoms with Crippen molar-refractivity contribution in [3.05, 3.63) is 40.5 Å². The number of anilines is 1. The molecule has 6 heteroatoms. The maximum atomic E-state index is 8.75. The Morgan fingerprint density at radius 1 is 1.29 bits per heavy atom. The Kier molecular flexibility index (Phi) is 3.21. The van der Waals surface area contributed by atoms with E-state index in [1.807, 2.05) is 6.07 Å². The summed E-state index contributed by atoms with van der Waals surface area (Å²) in [7, 11) is 0. The Hall–Kier alpha value is -2.13. The van der Waals surface area contributed by atoms with Gasteiger partial charge in [-0.05, 0) is 34.1 Å². The molecule has 17 heavy (non-hydrogen) atoms. The van der Waals surface area contributed by atoms with Crippen molar-refractivity contribution in [1.29, 1.82) is 5.26 Å². The molecule has 1 aromatic carbocycles. The van der Waals surface area contributed by atoms with Crippen LogP contribution >= 0.6 is 15.9 Å². The van der Waals surface area contributed by atoms with Crippen LogP contribution in [0.5, 0.6) is 11.8 Å². The molecule has 84 valence electrons. The molecule has 0 aliphatic heterocycles. The van der Waals surface area contributed by atoms with Crippen molar-refractivity contribution >= 4 is 21.7 Å². The van der Waals surface area contributed by atoms with Crippen LogP contribution in [0.15, 0.2) is 34.9 Å². The van der Waals surface area contributed by atoms with Gasteiger partial charge in [0.2, 0.25) is 0 Å². The van der Waals surface area contributed by atoms with Gasteiger partial charge >= 0.3 is 6.01 Å². The fourth-order valence-corrected chi connectivity index (χ4v) is 1.58. The van der Waals surface area contributed by atoms with Gasteiger partial charge < -0.3 is 10.5 Å². The van der Waals surface area contributed by atoms with Gasteiger partial charge in [-0.25, -0.2) is 0 Å². The summed E-state index contributed by atoms with van der Waals surface area (Å²) in [6, 6.07) is 10.4. The third kappa shape index (κ3) is 2.92. The van der Waals surface area contributed by atoms with Crippen LogP contribution in [0.2, 0.25) is 0 Å². The van der Waals surface area contributed by atoms with E-state index in [9.17, 15) is 0 Å². The molecule has 2 N–H and O–H groups in total. The van der Waals surface area contributed by atoms with Crippen LogP contribution in [0.3, 0.4) is 0 Å². The van der Waals surface area contributed by atoms with E-state index in [-0.39, 0.29) is 6.01 Å². The highest BCUT2D eigenvalue weighted by molar-refractivity contribution is 9.10. The summed E-state index contributed by atoms with van der Waals surface area (Å²) in [5.41, 5.74) is 6.06. The zero-order valence-corrected chi connectivity index (χ0v) is 10.2. The topological polar surface area (TPSA) is 84.8 Å². The summed E-state index contributed by atoms with van der Waals surface area (Å²) in [4.78, 5) is 7.92. The third-order valence-electron chi connectivity index (χ3n) is 1.87. The van der Waals surface area contributed by atoms with Crippen LogP contribution in [-0.2, 0) is 0 Å². The molecule has 1 heterocycles. The standard InChI is InChI=1S/C11H7BrN4O/c12-9-5-10(14)16-11(15-9)17-8-3-1-2-7(4-8)6-13/h1-5H,(H2,14,15,16). The lowest BCUT2D eigenvalue weighted by Crippen LogP contribution is -1.97. The monoisotopic (exact) mass is 290 g/mol. The highest BCUT2D eigenvalue weighted by atomic mass is 79.9. The first-order valence-electron chi connectivity index (χ1n) is 4.65. The summed E-state index contributed by atoms with van der Waals surface area (Å²) in [6.07, 6.45) is 0. The molecule has 0 spiro atoms. The average molecular weight is 291 g/mol. The molecule has 0 aliphatic rings. The summed E-state index contributed by atoms with van der Waals surface area (Å²) >= 11 is 3.19. The molecule has 0 atom stereocenters. The molecule has 0 saturated heterocycles. The second-order valence-electron chi connectivity index (χ2n) is 3.14. The molecule has 1 aromatic heterocycles. The quantitative estimate of drug-likeness (QED) is 0.859. The molecule has 0 unspecified atom stereocenters. The fourth-order valence-electron chi connectivity index (χ4n) is 1.19. The minimum atomic E-state index is 0.131. The van der Waals surface area contributed by atoms with E-state index in [2.05, 4.69) is 25.9 Å². The smallest absolute Gasteiger partial charge is 0.325 e. The number of hydrogen-bond donors (Lipinski definition) is 1. The van der Waals surface area contributed by atoms with Crippen molar-refractivity contribution in [2.45, 2.75) is 0 Å². The Balaban J connectivity index is 2.28. The Morgan fingerprint density at radius 3 is 2.82 bits per heavy atom. The Bertz CT molecular complexity index is 574. The number of benzene rings is 1. The van der Waals surface area contributed by atoms with Crippen molar-refractivity contribution in [2.75, 3.05) is 5.73 Å². The maximum absolute atomic E-state index is 8.75. The molecule has 0 aliphatic carbocycles. The van der Waals surface area contributed by atoms with Crippen LogP contribution in [0.4, 0.5) is 5.82 Å². The van der Waals surface area contributed by atoms with Crippen LogP contribution in [-0.4, -0.2) is 9.97 Å². The lowest BCUT2D eigenvalue weighted by atomic mass is 10.2. The van der Waals surface area contributed by atoms with E-state index >= 15 is 0 Å². The predicted molar refractivity (Wildman–Crippen MR) is 65.4 cm³/mol. The van der Waals surface area contributed by atoms with Gasteiger partial charge in [-0.15, -0.1) is 0 Å². The van der Waals surface area contributed by atoms with Crippen LogP contribution in [0.25, 0.3) is 0 Å². The van der Waals surface area contributed by atoms with Crippen LogP contribution in [0.1, 0.15) is 5.56 Å². The van der Waals surface area contributed by atoms with E-state index in [1.54, 1.807) is 30.3 Å². The van der Waals surface area contributed by atoms with E-state index in [1.165, 1.54) is 0 Å². The number of rotatable bonds is 2. The minimum Gasteiger partial charge on any atom is -0.424 e. The van der Waals surface area contributed by atoms with Crippen molar-refractivity contribution in [3.8, 4) is 17.8 Å². The van der Waals surface area contributed by atoms with Gasteiger partial charge in [0.25, 0.3) is 0 Å². The molecule has 0 amide bonds. The molecule has 0 saturated carbocycles. The van der Waals surface area contributed by atoms with Gasteiger partial charge in [-0.1, -0.05) is 6.07 Å². The lowest BCUT2D eigenvalue weighted by Gasteiger charge is -2.04. The normalized spacial score (nSPS) is 9.65. The van der Waals surface area contributed by atoms with Gasteiger partial charge in [-0.2, -0.15) is 15.2 Å². The van der Waals surface area contributed by atoms with E-state index in [0.29, 0.717) is 21.7 Å². The van der Waals surface area contributed by atoms with Crippen LogP contribution in [0, 0.1) is 11.3 Å². The van der Waals surface area contributed by atoms with E-state index in [0.717, 1.165) is 0 Å². The minimum absolute atomic E-state index is 0.131. The highest BCUT2D eigenvalue weighted by Gasteiger charge is 2.04. The van der Waals surface area contributed by atoms with E-state index in [4.69, 9.17) is 15.7 Å². The molecule has 0 radical (unpaired) electrons. The number of nitrogens with two attached hydrogens (primary N) is 1. The van der Waals surface area contributed by atoms with Gasteiger partial charge in [0.1, 0.15) is 16.2 Å². The average Bonchev–Trinajstić information content (AvgIpc) is 2.28. The highest BCUT2D eigenvalue weighted by Crippen LogP contribution is 2.21. The number of nitrogens with zero attached hydrogens (tertiary/aromatic N) is 3. The molecule has 0 fully saturated rings. The number of halogens is 1. The Morgan fingerprint density at radius 2 is 2.12 bits per heavy atom. The first-order chi connectivity index (χ1) is 8.17. The first-order valence-corrected chi connectivity index (χ1v) is 5.45. The largest absolute Gasteiger partial charge is 0.424 e. The molecular weight excluding hydrogens is 284 g/mol. The second-order valence-corrected chi connectivity index (χ2v) is 3.95. The van der Waals surface area contributed by atoms with Gasteiger partial charge in [0.05, 0.1) is 11.6 Å². The second kappa shape index (κ2) is 4.80. The molecule has 2 aromatic rings. The summed E-state index contributed by atoms with van der Waals surface area (Å²) in [5, 5.41) is 8.75. The van der Waals surface area contributed by atoms with Gasteiger partial charge in [0.15, 0.2) is 0 Å². The molecule has 2 rings (SSSR count). The summed E-state index contributed by atoms with van der Waals surface area (Å²) < 4.78 is 5.94.